The molecule has 0 aliphatic heterocycles. The van der Waals surface area contributed by atoms with Gasteiger partial charge in [-0.15, -0.1) is 0 Å². The van der Waals surface area contributed by atoms with Crippen LogP contribution in [0.1, 0.15) is 38.4 Å². The van der Waals surface area contributed by atoms with Gasteiger partial charge in [0.05, 0.1) is 6.10 Å². The van der Waals surface area contributed by atoms with Crippen LogP contribution in [-0.4, -0.2) is 27.2 Å². The van der Waals surface area contributed by atoms with E-state index >= 15 is 0 Å². The number of hydrogen-bond donors (Lipinski definition) is 2. The zero-order valence-electron chi connectivity index (χ0n) is 9.99. The number of nitrogens with zero attached hydrogens (tertiary/aromatic N) is 2. The van der Waals surface area contributed by atoms with Crippen LogP contribution in [0.2, 0.25) is 0 Å². The van der Waals surface area contributed by atoms with Crippen LogP contribution in [0.15, 0.2) is 10.7 Å². The predicted octanol–water partition coefficient (Wildman–Crippen LogP) is 2.52. The maximum absolute atomic E-state index is 9.46. The Bertz CT molecular complexity index is 378. The maximum atomic E-state index is 9.46. The molecule has 1 aromatic heterocycles. The number of rotatable bonds is 3. The Balaban J connectivity index is 2.00. The summed E-state index contributed by atoms with van der Waals surface area (Å²) in [7, 11) is 0. The van der Waals surface area contributed by atoms with Crippen molar-refractivity contribution in [1.29, 1.82) is 0 Å². The van der Waals surface area contributed by atoms with Crippen molar-refractivity contribution in [3.63, 3.8) is 0 Å². The molecule has 4 nitrogen and oxygen atoms in total. The van der Waals surface area contributed by atoms with Crippen molar-refractivity contribution >= 4 is 21.7 Å². The largest absolute Gasteiger partial charge is 0.393 e. The van der Waals surface area contributed by atoms with Crippen LogP contribution < -0.4 is 5.32 Å². The zero-order valence-corrected chi connectivity index (χ0v) is 11.6. The van der Waals surface area contributed by atoms with Gasteiger partial charge in [-0.05, 0) is 41.6 Å². The first-order valence-electron chi connectivity index (χ1n) is 6.15. The standard InChI is InChI=1S/C12H18BrN3O/c1-2-11-15-10(13)7-12(16-11)14-8-3-5-9(17)6-4-8/h7-9,17H,2-6H2,1H3,(H,14,15,16). The van der Waals surface area contributed by atoms with E-state index in [1.54, 1.807) is 0 Å². The minimum absolute atomic E-state index is 0.114. The molecule has 1 heterocycles. The van der Waals surface area contributed by atoms with E-state index in [1.165, 1.54) is 0 Å². The van der Waals surface area contributed by atoms with Gasteiger partial charge in [0.2, 0.25) is 0 Å². The molecular weight excluding hydrogens is 282 g/mol. The number of halogens is 1. The molecule has 17 heavy (non-hydrogen) atoms. The molecule has 0 radical (unpaired) electrons. The molecule has 0 unspecified atom stereocenters. The molecule has 0 atom stereocenters. The van der Waals surface area contributed by atoms with E-state index in [1.807, 2.05) is 13.0 Å². The highest BCUT2D eigenvalue weighted by atomic mass is 79.9. The molecule has 1 fully saturated rings. The molecule has 2 N–H and O–H groups in total. The van der Waals surface area contributed by atoms with E-state index < -0.39 is 0 Å². The predicted molar refractivity (Wildman–Crippen MR) is 71.0 cm³/mol. The summed E-state index contributed by atoms with van der Waals surface area (Å²) in [5.74, 6) is 1.72. The van der Waals surface area contributed by atoms with E-state index in [-0.39, 0.29) is 6.10 Å². The van der Waals surface area contributed by atoms with Crippen molar-refractivity contribution in [2.45, 2.75) is 51.2 Å². The topological polar surface area (TPSA) is 58.0 Å². The average molecular weight is 300 g/mol. The first-order valence-corrected chi connectivity index (χ1v) is 6.94. The third-order valence-electron chi connectivity index (χ3n) is 3.11. The molecule has 0 spiro atoms. The highest BCUT2D eigenvalue weighted by molar-refractivity contribution is 9.10. The number of aryl methyl sites for hydroxylation is 1. The summed E-state index contributed by atoms with van der Waals surface area (Å²) in [5.41, 5.74) is 0. The summed E-state index contributed by atoms with van der Waals surface area (Å²) in [5, 5.41) is 12.9. The molecule has 5 heteroatoms. The third-order valence-corrected chi connectivity index (χ3v) is 3.51. The molecule has 1 aromatic rings. The van der Waals surface area contributed by atoms with Gasteiger partial charge in [-0.25, -0.2) is 9.97 Å². The second-order valence-corrected chi connectivity index (χ2v) is 5.31. The van der Waals surface area contributed by atoms with Crippen molar-refractivity contribution in [2.75, 3.05) is 5.32 Å². The Labute approximate surface area is 110 Å². The van der Waals surface area contributed by atoms with Gasteiger partial charge >= 0.3 is 0 Å². The van der Waals surface area contributed by atoms with Crippen molar-refractivity contribution in [3.8, 4) is 0 Å². The van der Waals surface area contributed by atoms with Gasteiger partial charge in [0.15, 0.2) is 0 Å². The van der Waals surface area contributed by atoms with E-state index in [4.69, 9.17) is 0 Å². The molecular formula is C12H18BrN3O. The van der Waals surface area contributed by atoms with Crippen molar-refractivity contribution < 1.29 is 5.11 Å². The summed E-state index contributed by atoms with van der Waals surface area (Å²) >= 11 is 3.40. The second kappa shape index (κ2) is 5.78. The second-order valence-electron chi connectivity index (χ2n) is 4.50. The van der Waals surface area contributed by atoms with Crippen LogP contribution >= 0.6 is 15.9 Å². The molecule has 0 saturated heterocycles. The summed E-state index contributed by atoms with van der Waals surface area (Å²) < 4.78 is 0.822. The van der Waals surface area contributed by atoms with Crippen LogP contribution in [0, 0.1) is 0 Å². The Morgan fingerprint density at radius 3 is 2.71 bits per heavy atom. The number of nitrogens with one attached hydrogen (secondary N) is 1. The Hall–Kier alpha value is -0.680. The smallest absolute Gasteiger partial charge is 0.131 e. The van der Waals surface area contributed by atoms with E-state index in [0.29, 0.717) is 6.04 Å². The third kappa shape index (κ3) is 3.64. The Morgan fingerprint density at radius 2 is 2.06 bits per heavy atom. The summed E-state index contributed by atoms with van der Waals surface area (Å²) in [6.07, 6.45) is 4.48. The van der Waals surface area contributed by atoms with Crippen LogP contribution in [0.25, 0.3) is 0 Å². The zero-order chi connectivity index (χ0) is 12.3. The first kappa shape index (κ1) is 12.8. The van der Waals surface area contributed by atoms with Crippen molar-refractivity contribution in [3.05, 3.63) is 16.5 Å². The molecule has 1 aliphatic carbocycles. The molecule has 1 saturated carbocycles. The minimum Gasteiger partial charge on any atom is -0.393 e. The molecule has 1 aliphatic rings. The SMILES string of the molecule is CCc1nc(Br)cc(NC2CCC(O)CC2)n1. The first-order chi connectivity index (χ1) is 8.17. The van der Waals surface area contributed by atoms with Crippen LogP contribution in [0.5, 0.6) is 0 Å². The fourth-order valence-electron chi connectivity index (χ4n) is 2.13. The Morgan fingerprint density at radius 1 is 1.35 bits per heavy atom. The number of hydrogen-bond acceptors (Lipinski definition) is 4. The van der Waals surface area contributed by atoms with Gasteiger partial charge in [-0.1, -0.05) is 6.92 Å². The monoisotopic (exact) mass is 299 g/mol. The quantitative estimate of drug-likeness (QED) is 0.842. The van der Waals surface area contributed by atoms with Crippen LogP contribution in [0.3, 0.4) is 0 Å². The van der Waals surface area contributed by atoms with E-state index in [2.05, 4.69) is 31.2 Å². The molecule has 2 rings (SSSR count). The fourth-order valence-corrected chi connectivity index (χ4v) is 2.55. The molecule has 0 aromatic carbocycles. The van der Waals surface area contributed by atoms with Gasteiger partial charge in [0.25, 0.3) is 0 Å². The average Bonchev–Trinajstić information content (AvgIpc) is 2.31. The maximum Gasteiger partial charge on any atom is 0.131 e. The highest BCUT2D eigenvalue weighted by Gasteiger charge is 2.19. The molecule has 0 bridgehead atoms. The van der Waals surface area contributed by atoms with Crippen LogP contribution in [0.4, 0.5) is 5.82 Å². The number of anilines is 1. The van der Waals surface area contributed by atoms with Crippen molar-refractivity contribution in [1.82, 2.24) is 9.97 Å². The lowest BCUT2D eigenvalue weighted by molar-refractivity contribution is 0.126. The minimum atomic E-state index is -0.114. The van der Waals surface area contributed by atoms with Gasteiger partial charge in [0.1, 0.15) is 16.2 Å². The summed E-state index contributed by atoms with van der Waals surface area (Å²) in [6, 6.07) is 2.33. The lowest BCUT2D eigenvalue weighted by atomic mass is 9.93. The Kier molecular flexibility index (Phi) is 4.34. The highest BCUT2D eigenvalue weighted by Crippen LogP contribution is 2.22. The van der Waals surface area contributed by atoms with E-state index in [9.17, 15) is 5.11 Å². The molecule has 94 valence electrons. The number of aliphatic hydroxyl groups excluding tert-OH is 1. The van der Waals surface area contributed by atoms with Gasteiger partial charge in [0, 0.05) is 18.5 Å². The van der Waals surface area contributed by atoms with Gasteiger partial charge in [-0.3, -0.25) is 0 Å². The van der Waals surface area contributed by atoms with Gasteiger partial charge in [-0.2, -0.15) is 0 Å². The normalized spacial score (nSPS) is 24.6. The fraction of sp³-hybridized carbons (Fsp3) is 0.667. The summed E-state index contributed by atoms with van der Waals surface area (Å²) in [6.45, 7) is 2.04. The summed E-state index contributed by atoms with van der Waals surface area (Å²) in [4.78, 5) is 8.73. The van der Waals surface area contributed by atoms with Gasteiger partial charge < -0.3 is 10.4 Å². The lowest BCUT2D eigenvalue weighted by Crippen LogP contribution is -2.28. The van der Waals surface area contributed by atoms with Crippen molar-refractivity contribution in [2.24, 2.45) is 0 Å². The molecule has 0 amide bonds. The van der Waals surface area contributed by atoms with E-state index in [0.717, 1.165) is 48.3 Å². The number of aliphatic hydroxyl groups is 1. The van der Waals surface area contributed by atoms with Crippen LogP contribution in [-0.2, 0) is 6.42 Å². The lowest BCUT2D eigenvalue weighted by Gasteiger charge is -2.26. The number of aromatic nitrogens is 2.